The molecule has 4 aromatic carbocycles. The minimum absolute atomic E-state index is 0.0809. The zero-order valence-corrected chi connectivity index (χ0v) is 49.5. The highest BCUT2D eigenvalue weighted by Crippen LogP contribution is 2.77. The molecule has 0 heterocycles. The van der Waals surface area contributed by atoms with Crippen molar-refractivity contribution >= 4 is 12.1 Å². The van der Waals surface area contributed by atoms with Crippen molar-refractivity contribution in [2.24, 2.45) is 10.8 Å². The van der Waals surface area contributed by atoms with Gasteiger partial charge in [0.15, 0.2) is 0 Å². The van der Waals surface area contributed by atoms with Gasteiger partial charge < -0.3 is 18.9 Å². The van der Waals surface area contributed by atoms with Gasteiger partial charge in [-0.05, 0) is 98.4 Å². The molecule has 388 valence electrons. The zero-order valence-electron chi connectivity index (χ0n) is 49.5. The molecule has 0 N–H and O–H groups in total. The second-order valence-corrected chi connectivity index (χ2v) is 17.0. The predicted octanol–water partition coefficient (Wildman–Crippen LogP) is 19.2. The molecule has 68 heavy (non-hydrogen) atoms. The number of fused-ring (bicyclic) bond motifs is 4. The molecule has 2 aliphatic rings. The second kappa shape index (κ2) is 32.3. The largest absolute Gasteiger partial charge is 0.513 e. The van der Waals surface area contributed by atoms with E-state index >= 15 is 0 Å². The normalized spacial score (nSPS) is 15.9. The minimum Gasteiger partial charge on any atom is -0.497 e. The summed E-state index contributed by atoms with van der Waals surface area (Å²) in [6.45, 7) is 58.8. The molecular weight excluding hydrogens is 841 g/mol. The van der Waals surface area contributed by atoms with Crippen LogP contribution in [0.4, 0.5) is 4.79 Å². The van der Waals surface area contributed by atoms with E-state index < -0.39 is 6.16 Å². The van der Waals surface area contributed by atoms with Crippen LogP contribution < -0.4 is 14.2 Å². The number of benzene rings is 4. The van der Waals surface area contributed by atoms with Crippen LogP contribution in [-0.2, 0) is 31.2 Å². The summed E-state index contributed by atoms with van der Waals surface area (Å²) < 4.78 is 21.0. The fourth-order valence-corrected chi connectivity index (χ4v) is 9.21. The van der Waals surface area contributed by atoms with Crippen molar-refractivity contribution in [3.05, 3.63) is 124 Å². The number of aryl methyl sites for hydroxylation is 1. The van der Waals surface area contributed by atoms with Crippen LogP contribution in [0.1, 0.15) is 226 Å². The number of ether oxygens (including phenoxy) is 4. The van der Waals surface area contributed by atoms with Gasteiger partial charge in [-0.1, -0.05) is 234 Å². The summed E-state index contributed by atoms with van der Waals surface area (Å²) in [5.41, 5.74) is 7.96. The maximum Gasteiger partial charge on any atom is 0.513 e. The van der Waals surface area contributed by atoms with Crippen LogP contribution in [0.2, 0.25) is 0 Å². The molecule has 4 aromatic rings. The van der Waals surface area contributed by atoms with E-state index in [4.69, 9.17) is 18.9 Å². The first kappa shape index (κ1) is 70.0. The average Bonchev–Trinajstić information content (AvgIpc) is 3.60. The number of rotatable bonds is 5. The van der Waals surface area contributed by atoms with Gasteiger partial charge in [0.1, 0.15) is 17.2 Å². The summed E-state index contributed by atoms with van der Waals surface area (Å²) in [6.07, 6.45) is -0.705. The first-order valence-corrected chi connectivity index (χ1v) is 26.1. The van der Waals surface area contributed by atoms with Crippen LogP contribution in [0.25, 0.3) is 0 Å². The van der Waals surface area contributed by atoms with Gasteiger partial charge in [0.2, 0.25) is 0 Å². The van der Waals surface area contributed by atoms with Crippen molar-refractivity contribution in [3.63, 3.8) is 0 Å². The maximum atomic E-state index is 11.9. The van der Waals surface area contributed by atoms with Crippen molar-refractivity contribution in [2.75, 3.05) is 14.2 Å². The molecule has 0 aromatic heterocycles. The summed E-state index contributed by atoms with van der Waals surface area (Å²) in [7, 11) is 3.05. The van der Waals surface area contributed by atoms with Gasteiger partial charge in [-0.3, -0.25) is 4.79 Å². The zero-order chi connectivity index (χ0) is 54.7. The Hall–Kier alpha value is -4.58. The number of hydrogen-bond acceptors (Lipinski definition) is 6. The molecular formula is C62H104O6. The standard InChI is InChI=1S/C28H36O4.C18H20O2.8C2H6/c1-24(2)19-13-11-17(30-9)15-21(19)28(26(24,5)6)22-16-18(32-23(29)31-10)12-14-20(22)25(3,4)27(28,7)8;1-13-5-7-15(8-6-13)18(3,4)16-9-11-17(12-10-16)20-14(2)19;8*1-2/h11-16H,1-10H3;5-12H,1-4H3;8*1-2H3. The molecule has 1 unspecified atom stereocenters. The number of esters is 1. The Bertz CT molecular complexity index is 1970. The number of carbonyl (C=O) groups excluding carboxylic acids is 2. The Morgan fingerprint density at radius 3 is 1.10 bits per heavy atom. The Balaban J connectivity index is -0.000000490. The molecule has 0 fully saturated rings. The van der Waals surface area contributed by atoms with Gasteiger partial charge in [-0.15, -0.1) is 0 Å². The number of carbonyl (C=O) groups is 2. The highest BCUT2D eigenvalue weighted by molar-refractivity contribution is 5.70. The highest BCUT2D eigenvalue weighted by atomic mass is 16.7. The Kier molecular flexibility index (Phi) is 33.2. The monoisotopic (exact) mass is 945 g/mol. The smallest absolute Gasteiger partial charge is 0.497 e. The molecule has 2 aliphatic carbocycles. The molecule has 0 saturated heterocycles. The van der Waals surface area contributed by atoms with Gasteiger partial charge in [-0.25, -0.2) is 4.79 Å². The quantitative estimate of drug-likeness (QED) is 0.113. The van der Waals surface area contributed by atoms with Gasteiger partial charge in [0.25, 0.3) is 0 Å². The summed E-state index contributed by atoms with van der Waals surface area (Å²) in [6, 6.07) is 28.9. The molecule has 6 heteroatoms. The van der Waals surface area contributed by atoms with E-state index in [2.05, 4.69) is 131 Å². The first-order valence-electron chi connectivity index (χ1n) is 26.1. The molecule has 0 saturated carbocycles. The van der Waals surface area contributed by atoms with Gasteiger partial charge >= 0.3 is 12.1 Å². The fourth-order valence-electron chi connectivity index (χ4n) is 9.21. The lowest BCUT2D eigenvalue weighted by molar-refractivity contribution is -0.131. The summed E-state index contributed by atoms with van der Waals surface area (Å²) in [5, 5.41) is 0. The van der Waals surface area contributed by atoms with Crippen LogP contribution in [0.3, 0.4) is 0 Å². The van der Waals surface area contributed by atoms with Crippen LogP contribution in [-0.4, -0.2) is 26.3 Å². The fraction of sp³-hybridized carbons (Fsp3) is 0.581. The van der Waals surface area contributed by atoms with Crippen LogP contribution >= 0.6 is 0 Å². The SMILES string of the molecule is CC.CC.CC.CC.CC.CC.CC.CC.CC(=O)Oc1ccc(C(C)(C)c2ccc(C)cc2)cc1.COC(=O)Oc1ccc2c(c1)C1(c3cc(OC)ccc3C(C)(C)C1(C)C)C(C)(C)C2(C)C. The topological polar surface area (TPSA) is 71.1 Å². The van der Waals surface area contributed by atoms with Crippen molar-refractivity contribution in [1.29, 1.82) is 0 Å². The maximum absolute atomic E-state index is 11.9. The molecule has 6 nitrogen and oxygen atoms in total. The van der Waals surface area contributed by atoms with E-state index in [0.717, 1.165) is 5.75 Å². The van der Waals surface area contributed by atoms with Crippen LogP contribution in [0.15, 0.2) is 84.9 Å². The lowest BCUT2D eigenvalue weighted by Gasteiger charge is -2.56. The van der Waals surface area contributed by atoms with Crippen molar-refractivity contribution < 1.29 is 28.5 Å². The third kappa shape index (κ3) is 14.3. The second-order valence-electron chi connectivity index (χ2n) is 17.0. The Labute approximate surface area is 420 Å². The van der Waals surface area contributed by atoms with Gasteiger partial charge in [0, 0.05) is 17.8 Å². The molecule has 0 bridgehead atoms. The third-order valence-corrected chi connectivity index (χ3v) is 13.4. The minimum atomic E-state index is -0.705. The molecule has 6 rings (SSSR count). The van der Waals surface area contributed by atoms with E-state index in [0.29, 0.717) is 11.5 Å². The van der Waals surface area contributed by atoms with E-state index in [-0.39, 0.29) is 38.5 Å². The van der Waals surface area contributed by atoms with Crippen molar-refractivity contribution in [1.82, 2.24) is 0 Å². The van der Waals surface area contributed by atoms with Gasteiger partial charge in [-0.2, -0.15) is 0 Å². The average molecular weight is 946 g/mol. The molecule has 1 spiro atoms. The van der Waals surface area contributed by atoms with Crippen molar-refractivity contribution in [2.45, 2.75) is 216 Å². The summed E-state index contributed by atoms with van der Waals surface area (Å²) >= 11 is 0. The van der Waals surface area contributed by atoms with E-state index in [1.807, 2.05) is 141 Å². The molecule has 0 radical (unpaired) electrons. The van der Waals surface area contributed by atoms with Gasteiger partial charge in [0.05, 0.1) is 14.2 Å². The van der Waals surface area contributed by atoms with E-state index in [9.17, 15) is 9.59 Å². The van der Waals surface area contributed by atoms with Crippen molar-refractivity contribution in [3.8, 4) is 17.2 Å². The highest BCUT2D eigenvalue weighted by Gasteiger charge is 2.74. The van der Waals surface area contributed by atoms with Crippen LogP contribution in [0, 0.1) is 17.8 Å². The predicted molar refractivity (Wildman–Crippen MR) is 299 cm³/mol. The Morgan fingerprint density at radius 2 is 0.765 bits per heavy atom. The number of methoxy groups -OCH3 is 2. The molecule has 0 aliphatic heterocycles. The Morgan fingerprint density at radius 1 is 0.441 bits per heavy atom. The first-order chi connectivity index (χ1) is 32.1. The third-order valence-electron chi connectivity index (χ3n) is 13.4. The lowest BCUT2D eigenvalue weighted by atomic mass is 9.46. The number of hydrogen-bond donors (Lipinski definition) is 0. The van der Waals surface area contributed by atoms with E-state index in [1.165, 1.54) is 53.0 Å². The molecule has 0 amide bonds. The van der Waals surface area contributed by atoms with Crippen LogP contribution in [0.5, 0.6) is 17.2 Å². The molecule has 1 atom stereocenters. The lowest BCUT2D eigenvalue weighted by Crippen LogP contribution is -2.56. The summed E-state index contributed by atoms with van der Waals surface area (Å²) in [5.74, 6) is 1.66. The summed E-state index contributed by atoms with van der Waals surface area (Å²) in [4.78, 5) is 22.8. The van der Waals surface area contributed by atoms with E-state index in [1.54, 1.807) is 7.11 Å².